The summed E-state index contributed by atoms with van der Waals surface area (Å²) in [6.45, 7) is 1.40. The van der Waals surface area contributed by atoms with E-state index in [0.717, 1.165) is 12.8 Å². The minimum absolute atomic E-state index is 0.146. The van der Waals surface area contributed by atoms with Crippen LogP contribution in [-0.4, -0.2) is 49.0 Å². The number of ether oxygens (including phenoxy) is 1. The molecule has 1 aromatic carbocycles. The van der Waals surface area contributed by atoms with Crippen LogP contribution in [0.15, 0.2) is 24.3 Å². The Balaban J connectivity index is 1.69. The van der Waals surface area contributed by atoms with E-state index in [4.69, 9.17) is 10.5 Å². The SMILES string of the molecule is NC(=O)C1CCCCN1CC(=O)NCCOc1cccc(F)c1. The number of amides is 2. The first kappa shape index (κ1) is 17.2. The Bertz CT molecular complexity index is 553. The first-order valence-electron chi connectivity index (χ1n) is 7.74. The molecule has 126 valence electrons. The van der Waals surface area contributed by atoms with Crippen molar-refractivity contribution in [2.75, 3.05) is 26.2 Å². The van der Waals surface area contributed by atoms with Crippen LogP contribution in [0.5, 0.6) is 5.75 Å². The maximum atomic E-state index is 13.0. The van der Waals surface area contributed by atoms with E-state index in [0.29, 0.717) is 25.3 Å². The topological polar surface area (TPSA) is 84.7 Å². The molecule has 7 heteroatoms. The number of likely N-dealkylation sites (tertiary alicyclic amines) is 1. The molecule has 0 radical (unpaired) electrons. The monoisotopic (exact) mass is 323 g/mol. The molecule has 2 amide bonds. The summed E-state index contributed by atoms with van der Waals surface area (Å²) < 4.78 is 18.3. The molecular weight excluding hydrogens is 301 g/mol. The summed E-state index contributed by atoms with van der Waals surface area (Å²) in [6.07, 6.45) is 2.61. The highest BCUT2D eigenvalue weighted by Crippen LogP contribution is 2.16. The summed E-state index contributed by atoms with van der Waals surface area (Å²) in [5, 5.41) is 2.72. The number of nitrogens with zero attached hydrogens (tertiary/aromatic N) is 1. The van der Waals surface area contributed by atoms with Gasteiger partial charge in [-0.1, -0.05) is 12.5 Å². The lowest BCUT2D eigenvalue weighted by Crippen LogP contribution is -2.51. The Morgan fingerprint density at radius 1 is 1.39 bits per heavy atom. The summed E-state index contributed by atoms with van der Waals surface area (Å²) in [7, 11) is 0. The van der Waals surface area contributed by atoms with Crippen LogP contribution in [0.2, 0.25) is 0 Å². The molecule has 1 aliphatic heterocycles. The average molecular weight is 323 g/mol. The second-order valence-electron chi connectivity index (χ2n) is 5.54. The van der Waals surface area contributed by atoms with Crippen molar-refractivity contribution in [1.82, 2.24) is 10.2 Å². The van der Waals surface area contributed by atoms with E-state index in [-0.39, 0.29) is 36.8 Å². The molecule has 0 aliphatic carbocycles. The van der Waals surface area contributed by atoms with Gasteiger partial charge in [-0.15, -0.1) is 0 Å². The molecule has 1 aromatic rings. The Hall–Kier alpha value is -2.15. The number of rotatable bonds is 7. The van der Waals surface area contributed by atoms with Gasteiger partial charge < -0.3 is 15.8 Å². The Labute approximate surface area is 134 Å². The molecule has 6 nitrogen and oxygen atoms in total. The van der Waals surface area contributed by atoms with E-state index in [2.05, 4.69) is 5.32 Å². The molecule has 0 saturated carbocycles. The molecule has 1 aliphatic rings. The van der Waals surface area contributed by atoms with Gasteiger partial charge in [0.25, 0.3) is 0 Å². The van der Waals surface area contributed by atoms with Crippen LogP contribution in [0.1, 0.15) is 19.3 Å². The standard InChI is InChI=1S/C16H22FN3O3/c17-12-4-3-5-13(10-12)23-9-7-19-15(21)11-20-8-2-1-6-14(20)16(18)22/h3-5,10,14H,1-2,6-9,11H2,(H2,18,22)(H,19,21). The van der Waals surface area contributed by atoms with E-state index >= 15 is 0 Å². The van der Waals surface area contributed by atoms with Gasteiger partial charge in [0.2, 0.25) is 11.8 Å². The molecule has 23 heavy (non-hydrogen) atoms. The number of hydrogen-bond acceptors (Lipinski definition) is 4. The van der Waals surface area contributed by atoms with E-state index in [1.807, 2.05) is 4.90 Å². The third-order valence-electron chi connectivity index (χ3n) is 3.78. The molecule has 1 fully saturated rings. The maximum Gasteiger partial charge on any atom is 0.234 e. The van der Waals surface area contributed by atoms with Crippen LogP contribution in [-0.2, 0) is 9.59 Å². The van der Waals surface area contributed by atoms with E-state index in [1.54, 1.807) is 12.1 Å². The van der Waals surface area contributed by atoms with Gasteiger partial charge >= 0.3 is 0 Å². The van der Waals surface area contributed by atoms with Crippen molar-refractivity contribution >= 4 is 11.8 Å². The van der Waals surface area contributed by atoms with Crippen LogP contribution < -0.4 is 15.8 Å². The number of carbonyl (C=O) groups is 2. The molecule has 3 N–H and O–H groups in total. The molecule has 0 aromatic heterocycles. The molecule has 0 bridgehead atoms. The molecule has 1 saturated heterocycles. The van der Waals surface area contributed by atoms with Gasteiger partial charge in [-0.2, -0.15) is 0 Å². The van der Waals surface area contributed by atoms with Crippen molar-refractivity contribution in [1.29, 1.82) is 0 Å². The summed E-state index contributed by atoms with van der Waals surface area (Å²) in [5.41, 5.74) is 5.37. The van der Waals surface area contributed by atoms with Gasteiger partial charge in [-0.3, -0.25) is 14.5 Å². The van der Waals surface area contributed by atoms with Gasteiger partial charge in [0.15, 0.2) is 0 Å². The normalized spacial score (nSPS) is 18.4. The second-order valence-corrected chi connectivity index (χ2v) is 5.54. The zero-order valence-electron chi connectivity index (χ0n) is 13.0. The number of carbonyl (C=O) groups excluding carboxylic acids is 2. The first-order chi connectivity index (χ1) is 11.1. The minimum atomic E-state index is -0.382. The van der Waals surface area contributed by atoms with Gasteiger partial charge in [0.1, 0.15) is 18.2 Å². The second kappa shape index (κ2) is 8.47. The number of nitrogens with two attached hydrogens (primary N) is 1. The number of primary amides is 1. The Morgan fingerprint density at radius 3 is 2.96 bits per heavy atom. The zero-order chi connectivity index (χ0) is 16.7. The lowest BCUT2D eigenvalue weighted by molar-refractivity contribution is -0.128. The van der Waals surface area contributed by atoms with Crippen molar-refractivity contribution < 1.29 is 18.7 Å². The summed E-state index contributed by atoms with van der Waals surface area (Å²) >= 11 is 0. The highest BCUT2D eigenvalue weighted by atomic mass is 19.1. The van der Waals surface area contributed by atoms with Crippen LogP contribution in [0.3, 0.4) is 0 Å². The molecule has 0 spiro atoms. The summed E-state index contributed by atoms with van der Waals surface area (Å²) in [4.78, 5) is 25.1. The Kier molecular flexibility index (Phi) is 6.34. The summed E-state index contributed by atoms with van der Waals surface area (Å²) in [5.74, 6) is -0.508. The average Bonchev–Trinajstić information content (AvgIpc) is 2.52. The van der Waals surface area contributed by atoms with Crippen molar-refractivity contribution in [3.8, 4) is 5.75 Å². The number of piperidine rings is 1. The molecule has 1 atom stereocenters. The maximum absolute atomic E-state index is 13.0. The predicted molar refractivity (Wildman–Crippen MR) is 83.3 cm³/mol. The van der Waals surface area contributed by atoms with Crippen LogP contribution >= 0.6 is 0 Å². The van der Waals surface area contributed by atoms with Crippen LogP contribution in [0, 0.1) is 5.82 Å². The van der Waals surface area contributed by atoms with E-state index in [1.165, 1.54) is 12.1 Å². The van der Waals surface area contributed by atoms with Crippen molar-refractivity contribution in [3.05, 3.63) is 30.1 Å². The minimum Gasteiger partial charge on any atom is -0.492 e. The fourth-order valence-electron chi connectivity index (χ4n) is 2.66. The quantitative estimate of drug-likeness (QED) is 0.722. The van der Waals surface area contributed by atoms with E-state index < -0.39 is 0 Å². The third kappa shape index (κ3) is 5.52. The number of benzene rings is 1. The third-order valence-corrected chi connectivity index (χ3v) is 3.78. The fraction of sp³-hybridized carbons (Fsp3) is 0.500. The van der Waals surface area contributed by atoms with Crippen LogP contribution in [0.25, 0.3) is 0 Å². The molecular formula is C16H22FN3O3. The van der Waals surface area contributed by atoms with Gasteiger partial charge in [0, 0.05) is 6.07 Å². The smallest absolute Gasteiger partial charge is 0.234 e. The fourth-order valence-corrected chi connectivity index (χ4v) is 2.66. The van der Waals surface area contributed by atoms with Gasteiger partial charge in [-0.05, 0) is 31.5 Å². The first-order valence-corrected chi connectivity index (χ1v) is 7.74. The van der Waals surface area contributed by atoms with Gasteiger partial charge in [-0.25, -0.2) is 4.39 Å². The van der Waals surface area contributed by atoms with Crippen molar-refractivity contribution in [2.24, 2.45) is 5.73 Å². The highest BCUT2D eigenvalue weighted by molar-refractivity contribution is 5.82. The van der Waals surface area contributed by atoms with Crippen molar-refractivity contribution in [3.63, 3.8) is 0 Å². The van der Waals surface area contributed by atoms with Crippen molar-refractivity contribution in [2.45, 2.75) is 25.3 Å². The predicted octanol–water partition coefficient (Wildman–Crippen LogP) is 0.661. The van der Waals surface area contributed by atoms with Gasteiger partial charge in [0.05, 0.1) is 19.1 Å². The number of nitrogens with one attached hydrogen (secondary N) is 1. The number of hydrogen-bond donors (Lipinski definition) is 2. The highest BCUT2D eigenvalue weighted by Gasteiger charge is 2.28. The molecule has 1 unspecified atom stereocenters. The lowest BCUT2D eigenvalue weighted by Gasteiger charge is -2.32. The lowest BCUT2D eigenvalue weighted by atomic mass is 10.0. The molecule has 1 heterocycles. The molecule has 2 rings (SSSR count). The van der Waals surface area contributed by atoms with E-state index in [9.17, 15) is 14.0 Å². The van der Waals surface area contributed by atoms with Crippen LogP contribution in [0.4, 0.5) is 4.39 Å². The summed E-state index contributed by atoms with van der Waals surface area (Å²) in [6, 6.07) is 5.47. The number of halogens is 1. The zero-order valence-corrected chi connectivity index (χ0v) is 13.0. The Morgan fingerprint density at radius 2 is 2.22 bits per heavy atom. The largest absolute Gasteiger partial charge is 0.492 e.